The normalized spacial score (nSPS) is 33.6. The Kier molecular flexibility index (Phi) is 4.49. The van der Waals surface area contributed by atoms with E-state index in [9.17, 15) is 10.4 Å². The summed E-state index contributed by atoms with van der Waals surface area (Å²) in [5.41, 5.74) is 1.13. The minimum Gasteiger partial charge on any atom is -0.494 e. The first-order chi connectivity index (χ1) is 14.6. The molecular formula is C25H32FN3O2. The van der Waals surface area contributed by atoms with Gasteiger partial charge in [-0.2, -0.15) is 5.26 Å². The van der Waals surface area contributed by atoms with Gasteiger partial charge in [-0.1, -0.05) is 20.8 Å². The van der Waals surface area contributed by atoms with E-state index in [1.807, 2.05) is 12.3 Å². The predicted octanol–water partition coefficient (Wildman–Crippen LogP) is 4.85. The lowest BCUT2D eigenvalue weighted by molar-refractivity contribution is -0.184. The number of aromatic amines is 1. The highest BCUT2D eigenvalue weighted by atomic mass is 19.1. The lowest BCUT2D eigenvalue weighted by atomic mass is 9.50. The summed E-state index contributed by atoms with van der Waals surface area (Å²) in [4.78, 5) is 5.46. The van der Waals surface area contributed by atoms with Crippen molar-refractivity contribution in [1.82, 2.24) is 9.88 Å². The average molecular weight is 426 g/mol. The van der Waals surface area contributed by atoms with Gasteiger partial charge in [-0.25, -0.2) is 4.39 Å². The number of nitriles is 1. The summed E-state index contributed by atoms with van der Waals surface area (Å²) in [6, 6.07) is 6.59. The number of benzene rings is 1. The molecule has 4 aliphatic rings. The number of H-pyrrole nitrogens is 1. The zero-order valence-corrected chi connectivity index (χ0v) is 18.8. The smallest absolute Gasteiger partial charge is 0.174 e. The SMILES string of the molecule is COc1ccc2[nH]cc(C(C)(C)CC(O)N3C4CC5(C)CC3CC(C#N)(C4)C5)c2c1F. The van der Waals surface area contributed by atoms with Crippen molar-refractivity contribution in [2.45, 2.75) is 83.0 Å². The summed E-state index contributed by atoms with van der Waals surface area (Å²) in [5.74, 6) is -0.137. The molecule has 2 aliphatic heterocycles. The first kappa shape index (κ1) is 20.8. The highest BCUT2D eigenvalue weighted by molar-refractivity contribution is 5.86. The van der Waals surface area contributed by atoms with Crippen LogP contribution in [0.5, 0.6) is 5.75 Å². The number of ether oxygens (including phenoxy) is 1. The first-order valence-electron chi connectivity index (χ1n) is 11.3. The molecule has 31 heavy (non-hydrogen) atoms. The summed E-state index contributed by atoms with van der Waals surface area (Å²) >= 11 is 0. The lowest BCUT2D eigenvalue weighted by Crippen LogP contribution is -2.67. The van der Waals surface area contributed by atoms with Crippen molar-refractivity contribution < 1.29 is 14.2 Å². The molecule has 6 heteroatoms. The molecule has 4 fully saturated rings. The Labute approximate surface area is 183 Å². The summed E-state index contributed by atoms with van der Waals surface area (Å²) in [6.45, 7) is 6.44. The van der Waals surface area contributed by atoms with Crippen molar-refractivity contribution in [2.24, 2.45) is 10.8 Å². The second-order valence-electron chi connectivity index (χ2n) is 11.2. The van der Waals surface area contributed by atoms with Gasteiger partial charge in [-0.3, -0.25) is 4.90 Å². The number of halogens is 1. The molecule has 2 saturated heterocycles. The van der Waals surface area contributed by atoms with Gasteiger partial charge in [-0.15, -0.1) is 0 Å². The quantitative estimate of drug-likeness (QED) is 0.718. The standard InChI is InChI=1S/C25H32FN3O2/c1-23(2,17-12-28-18-5-6-19(31-4)22(26)21(17)18)11-20(30)29-15-7-24(3)8-16(29)10-25(9-15,13-24)14-27/h5-6,12,15-16,20,28,30H,7-11,13H2,1-4H3. The van der Waals surface area contributed by atoms with Crippen LogP contribution in [0.2, 0.25) is 0 Å². The van der Waals surface area contributed by atoms with Crippen LogP contribution in [0, 0.1) is 28.0 Å². The maximum atomic E-state index is 15.1. The highest BCUT2D eigenvalue weighted by Crippen LogP contribution is 2.62. The molecule has 166 valence electrons. The second-order valence-corrected chi connectivity index (χ2v) is 11.2. The number of piperidine rings is 2. The van der Waals surface area contributed by atoms with Gasteiger partial charge in [0.25, 0.3) is 0 Å². The third kappa shape index (κ3) is 3.08. The Hall–Kier alpha value is -2.10. The van der Waals surface area contributed by atoms with E-state index in [1.54, 1.807) is 6.07 Å². The average Bonchev–Trinajstić information content (AvgIpc) is 3.12. The number of hydrogen-bond acceptors (Lipinski definition) is 4. The summed E-state index contributed by atoms with van der Waals surface area (Å²) in [5, 5.41) is 21.8. The van der Waals surface area contributed by atoms with Gasteiger partial charge in [0.1, 0.15) is 6.23 Å². The van der Waals surface area contributed by atoms with Crippen LogP contribution in [0.3, 0.4) is 0 Å². The summed E-state index contributed by atoms with van der Waals surface area (Å²) in [6.07, 6.45) is 6.53. The van der Waals surface area contributed by atoms with Crippen molar-refractivity contribution >= 4 is 10.9 Å². The number of nitrogens with zero attached hydrogens (tertiary/aromatic N) is 2. The zero-order chi connectivity index (χ0) is 22.2. The maximum absolute atomic E-state index is 15.1. The topological polar surface area (TPSA) is 72.3 Å². The molecule has 3 unspecified atom stereocenters. The Balaban J connectivity index is 1.43. The molecule has 3 atom stereocenters. The van der Waals surface area contributed by atoms with Crippen LogP contribution in [0.1, 0.15) is 64.9 Å². The number of hydrogen-bond donors (Lipinski definition) is 2. The Morgan fingerprint density at radius 1 is 1.32 bits per heavy atom. The highest BCUT2D eigenvalue weighted by Gasteiger charge is 2.60. The van der Waals surface area contributed by atoms with Gasteiger partial charge < -0.3 is 14.8 Å². The third-order valence-corrected chi connectivity index (χ3v) is 8.29. The molecule has 0 spiro atoms. The molecule has 2 saturated carbocycles. The molecule has 4 bridgehead atoms. The molecule has 2 N–H and O–H groups in total. The van der Waals surface area contributed by atoms with Crippen molar-refractivity contribution in [1.29, 1.82) is 5.26 Å². The number of rotatable bonds is 5. The largest absolute Gasteiger partial charge is 0.494 e. The van der Waals surface area contributed by atoms with E-state index in [0.29, 0.717) is 11.8 Å². The molecule has 5 nitrogen and oxygen atoms in total. The van der Waals surface area contributed by atoms with E-state index < -0.39 is 11.6 Å². The van der Waals surface area contributed by atoms with Crippen LogP contribution in [-0.4, -0.2) is 40.4 Å². The first-order valence-corrected chi connectivity index (χ1v) is 11.3. The van der Waals surface area contributed by atoms with Crippen LogP contribution >= 0.6 is 0 Å². The van der Waals surface area contributed by atoms with E-state index in [2.05, 4.69) is 36.7 Å². The fourth-order valence-electron chi connectivity index (χ4n) is 7.32. The monoisotopic (exact) mass is 425 g/mol. The fourth-order valence-corrected chi connectivity index (χ4v) is 7.32. The number of aliphatic hydroxyl groups is 1. The van der Waals surface area contributed by atoms with Crippen LogP contribution in [0.15, 0.2) is 18.3 Å². The van der Waals surface area contributed by atoms with E-state index in [1.165, 1.54) is 7.11 Å². The van der Waals surface area contributed by atoms with Crippen molar-refractivity contribution in [3.05, 3.63) is 29.7 Å². The second kappa shape index (κ2) is 6.70. The van der Waals surface area contributed by atoms with Gasteiger partial charge in [0.15, 0.2) is 11.6 Å². The summed E-state index contributed by atoms with van der Waals surface area (Å²) < 4.78 is 20.3. The van der Waals surface area contributed by atoms with E-state index >= 15 is 4.39 Å². The third-order valence-electron chi connectivity index (χ3n) is 8.29. The number of methoxy groups -OCH3 is 1. The van der Waals surface area contributed by atoms with Gasteiger partial charge in [0, 0.05) is 29.2 Å². The zero-order valence-electron chi connectivity index (χ0n) is 18.8. The van der Waals surface area contributed by atoms with Gasteiger partial charge in [0.2, 0.25) is 0 Å². The van der Waals surface area contributed by atoms with Crippen LogP contribution in [-0.2, 0) is 5.41 Å². The number of aromatic nitrogens is 1. The molecular weight excluding hydrogens is 393 g/mol. The molecule has 2 aliphatic carbocycles. The Bertz CT molecular complexity index is 1050. The predicted molar refractivity (Wildman–Crippen MR) is 117 cm³/mol. The minimum absolute atomic E-state index is 0.212. The molecule has 0 amide bonds. The Morgan fingerprint density at radius 3 is 2.61 bits per heavy atom. The lowest BCUT2D eigenvalue weighted by Gasteiger charge is -2.64. The number of fused-ring (bicyclic) bond motifs is 1. The van der Waals surface area contributed by atoms with Crippen LogP contribution < -0.4 is 4.74 Å². The van der Waals surface area contributed by atoms with E-state index in [4.69, 9.17) is 4.74 Å². The van der Waals surface area contributed by atoms with E-state index in [-0.39, 0.29) is 34.5 Å². The maximum Gasteiger partial charge on any atom is 0.174 e. The van der Waals surface area contributed by atoms with Crippen LogP contribution in [0.25, 0.3) is 10.9 Å². The molecule has 0 radical (unpaired) electrons. The molecule has 6 rings (SSSR count). The molecule has 2 aromatic rings. The van der Waals surface area contributed by atoms with Crippen molar-refractivity contribution in [3.8, 4) is 11.8 Å². The van der Waals surface area contributed by atoms with Gasteiger partial charge in [-0.05, 0) is 67.1 Å². The van der Waals surface area contributed by atoms with E-state index in [0.717, 1.165) is 43.2 Å². The fraction of sp³-hybridized carbons (Fsp3) is 0.640. The van der Waals surface area contributed by atoms with Gasteiger partial charge in [0.05, 0.1) is 18.6 Å². The van der Waals surface area contributed by atoms with Gasteiger partial charge >= 0.3 is 0 Å². The van der Waals surface area contributed by atoms with Crippen molar-refractivity contribution in [2.75, 3.05) is 7.11 Å². The van der Waals surface area contributed by atoms with Crippen LogP contribution in [0.4, 0.5) is 4.39 Å². The molecule has 3 heterocycles. The summed E-state index contributed by atoms with van der Waals surface area (Å²) in [7, 11) is 1.47. The minimum atomic E-state index is -0.622. The number of aliphatic hydroxyl groups excluding tert-OH is 1. The molecule has 1 aromatic carbocycles. The number of nitrogens with one attached hydrogen (secondary N) is 1. The Morgan fingerprint density at radius 2 is 2.00 bits per heavy atom. The molecule has 1 aromatic heterocycles. The van der Waals surface area contributed by atoms with Crippen molar-refractivity contribution in [3.63, 3.8) is 0 Å².